The van der Waals surface area contributed by atoms with E-state index in [9.17, 15) is 9.00 Å². The lowest BCUT2D eigenvalue weighted by molar-refractivity contribution is 0.122. The number of unbranched alkanes of at least 4 members (excludes halogenated alkanes) is 1. The first-order valence-corrected chi connectivity index (χ1v) is 16.0. The number of likely N-dealkylation sites (tertiary alicyclic amines) is 1. The number of benzene rings is 3. The molecule has 3 aromatic rings. The molecule has 230 valence electrons. The van der Waals surface area contributed by atoms with E-state index < -0.39 is 11.3 Å². The Balaban J connectivity index is 1.10. The first-order chi connectivity index (χ1) is 21.0. The number of carbonyl (C=O) groups excluding carboxylic acids is 1. The monoisotopic (exact) mass is 608 g/mol. The van der Waals surface area contributed by atoms with Gasteiger partial charge >= 0.3 is 6.03 Å². The second-order valence-electron chi connectivity index (χ2n) is 10.8. The largest absolute Gasteiger partial charge is 0.486 e. The maximum Gasteiger partial charge on any atom is 0.322 e. The van der Waals surface area contributed by atoms with Crippen LogP contribution in [0.4, 0.5) is 10.5 Å². The highest BCUT2D eigenvalue weighted by Gasteiger charge is 2.28. The van der Waals surface area contributed by atoms with Crippen molar-refractivity contribution in [3.05, 3.63) is 77.9 Å². The Bertz CT molecular complexity index is 1360. The van der Waals surface area contributed by atoms with Crippen LogP contribution in [0.2, 0.25) is 0 Å². The molecule has 2 aliphatic rings. The molecular formula is C32H40N4O6S. The molecular weight excluding hydrogens is 568 g/mol. The Kier molecular flexibility index (Phi) is 10.9. The molecule has 0 aromatic heterocycles. The quantitative estimate of drug-likeness (QED) is 0.224. The molecule has 5 rings (SSSR count). The molecule has 11 heteroatoms. The normalized spacial score (nSPS) is 16.0. The van der Waals surface area contributed by atoms with Gasteiger partial charge in [-0.1, -0.05) is 37.6 Å². The zero-order chi connectivity index (χ0) is 30.0. The second-order valence-corrected chi connectivity index (χ2v) is 11.6. The van der Waals surface area contributed by atoms with Gasteiger partial charge in [-0.3, -0.25) is 9.45 Å². The van der Waals surface area contributed by atoms with Gasteiger partial charge in [0.25, 0.3) is 0 Å². The number of nitrogens with one attached hydrogen (secondary N) is 2. The van der Waals surface area contributed by atoms with Crippen LogP contribution >= 0.6 is 0 Å². The molecule has 10 nitrogen and oxygen atoms in total. The minimum atomic E-state index is -2.03. The summed E-state index contributed by atoms with van der Waals surface area (Å²) in [4.78, 5) is 17.8. The average molecular weight is 609 g/mol. The molecule has 1 unspecified atom stereocenters. The minimum Gasteiger partial charge on any atom is -0.486 e. The number of carbonyl (C=O) groups is 1. The van der Waals surface area contributed by atoms with Crippen LogP contribution in [-0.4, -0.2) is 63.5 Å². The third kappa shape index (κ3) is 8.93. The lowest BCUT2D eigenvalue weighted by Crippen LogP contribution is -2.49. The van der Waals surface area contributed by atoms with Crippen LogP contribution in [0.3, 0.4) is 0 Å². The van der Waals surface area contributed by atoms with Crippen molar-refractivity contribution in [1.82, 2.24) is 14.5 Å². The van der Waals surface area contributed by atoms with Crippen LogP contribution in [0.15, 0.2) is 66.7 Å². The third-order valence-electron chi connectivity index (χ3n) is 7.69. The maximum absolute atomic E-state index is 13.4. The molecule has 0 bridgehead atoms. The van der Waals surface area contributed by atoms with Crippen LogP contribution in [0.25, 0.3) is 0 Å². The highest BCUT2D eigenvalue weighted by molar-refractivity contribution is 7.77. The van der Waals surface area contributed by atoms with E-state index in [0.29, 0.717) is 42.7 Å². The Morgan fingerprint density at radius 2 is 1.63 bits per heavy atom. The fourth-order valence-corrected chi connectivity index (χ4v) is 5.65. The molecule has 0 radical (unpaired) electrons. The number of rotatable bonds is 12. The van der Waals surface area contributed by atoms with Crippen LogP contribution in [-0.2, 0) is 24.4 Å². The van der Waals surface area contributed by atoms with Gasteiger partial charge in [0.15, 0.2) is 11.5 Å². The topological polar surface area (TPSA) is 113 Å². The zero-order valence-corrected chi connectivity index (χ0v) is 25.3. The van der Waals surface area contributed by atoms with E-state index in [-0.39, 0.29) is 12.1 Å². The number of hydrogen-bond donors (Lipinski definition) is 3. The predicted molar refractivity (Wildman–Crippen MR) is 167 cm³/mol. The van der Waals surface area contributed by atoms with Crippen LogP contribution in [0.5, 0.6) is 23.0 Å². The highest BCUT2D eigenvalue weighted by Crippen LogP contribution is 2.33. The third-order valence-corrected chi connectivity index (χ3v) is 8.08. The molecule has 1 saturated heterocycles. The summed E-state index contributed by atoms with van der Waals surface area (Å²) in [5.74, 6) is 2.83. The van der Waals surface area contributed by atoms with Gasteiger partial charge in [-0.15, -0.1) is 0 Å². The van der Waals surface area contributed by atoms with Crippen LogP contribution in [0, 0.1) is 0 Å². The van der Waals surface area contributed by atoms with E-state index in [1.165, 1.54) is 5.56 Å². The van der Waals surface area contributed by atoms with E-state index >= 15 is 0 Å². The summed E-state index contributed by atoms with van der Waals surface area (Å²) in [6.07, 6.45) is 3.86. The predicted octanol–water partition coefficient (Wildman–Crippen LogP) is 5.78. The van der Waals surface area contributed by atoms with Gasteiger partial charge in [0.05, 0.1) is 0 Å². The number of hydrogen-bond acceptors (Lipinski definition) is 6. The fraction of sp³-hybridized carbons (Fsp3) is 0.406. The van der Waals surface area contributed by atoms with Gasteiger partial charge in [-0.25, -0.2) is 13.7 Å². The average Bonchev–Trinajstić information content (AvgIpc) is 3.02. The molecule has 2 heterocycles. The first kappa shape index (κ1) is 30.8. The van der Waals surface area contributed by atoms with E-state index in [4.69, 9.17) is 18.8 Å². The Morgan fingerprint density at radius 1 is 0.977 bits per heavy atom. The number of nitrogens with zero attached hydrogens (tertiary/aromatic N) is 2. The van der Waals surface area contributed by atoms with Gasteiger partial charge in [0.1, 0.15) is 24.7 Å². The molecule has 0 saturated carbocycles. The Labute approximate surface area is 255 Å². The van der Waals surface area contributed by atoms with Gasteiger partial charge in [-0.05, 0) is 66.8 Å². The van der Waals surface area contributed by atoms with Gasteiger partial charge in [0.2, 0.25) is 11.3 Å². The second kappa shape index (κ2) is 15.2. The summed E-state index contributed by atoms with van der Waals surface area (Å²) in [5, 5.41) is 3.09. The molecule has 0 aliphatic carbocycles. The molecule has 1 atom stereocenters. The molecule has 43 heavy (non-hydrogen) atoms. The van der Waals surface area contributed by atoms with E-state index in [0.717, 1.165) is 63.2 Å². The number of fused-ring (bicyclic) bond motifs is 1. The molecule has 3 aromatic carbocycles. The van der Waals surface area contributed by atoms with Crippen molar-refractivity contribution in [2.45, 2.75) is 51.7 Å². The van der Waals surface area contributed by atoms with Crippen LogP contribution < -0.4 is 24.2 Å². The standard InChI is InChI=1S/C32H40N4O6S/c1-2-3-16-36(32(37)34-26-8-13-30-31(21-26)41-20-19-40-30)27-14-17-35(18-15-27)23-25-6-11-29(12-7-25)42-28-9-4-24(5-10-28)22-33-43(38)39/h4-13,21,27,33H,2-3,14-20,22-23H2,1H3,(H,34,37)(H,38,39). The van der Waals surface area contributed by atoms with E-state index in [2.05, 4.69) is 34.0 Å². The van der Waals surface area contributed by atoms with Gasteiger partial charge in [-0.2, -0.15) is 0 Å². The van der Waals surface area contributed by atoms with Gasteiger partial charge in [0, 0.05) is 50.5 Å². The number of ether oxygens (including phenoxy) is 3. The summed E-state index contributed by atoms with van der Waals surface area (Å²) in [6, 6.07) is 21.2. The van der Waals surface area contributed by atoms with Crippen molar-refractivity contribution in [1.29, 1.82) is 0 Å². The van der Waals surface area contributed by atoms with Crippen molar-refractivity contribution in [2.24, 2.45) is 0 Å². The highest BCUT2D eigenvalue weighted by atomic mass is 32.2. The zero-order valence-electron chi connectivity index (χ0n) is 24.5. The maximum atomic E-state index is 13.4. The SMILES string of the molecule is CCCCN(C(=O)Nc1ccc2c(c1)OCCO2)C1CCN(Cc2ccc(Oc3ccc(CNS(=O)O)cc3)cc2)CC1. The summed E-state index contributed by atoms with van der Waals surface area (Å²) >= 11 is -2.03. The molecule has 2 amide bonds. The van der Waals surface area contributed by atoms with Crippen molar-refractivity contribution >= 4 is 23.0 Å². The van der Waals surface area contributed by atoms with E-state index in [1.54, 1.807) is 0 Å². The molecule has 0 spiro atoms. The summed E-state index contributed by atoms with van der Waals surface area (Å²) < 4.78 is 39.3. The molecule has 1 fully saturated rings. The first-order valence-electron chi connectivity index (χ1n) is 14.9. The summed E-state index contributed by atoms with van der Waals surface area (Å²) in [7, 11) is 0. The lowest BCUT2D eigenvalue weighted by atomic mass is 10.0. The van der Waals surface area contributed by atoms with Crippen molar-refractivity contribution < 1.29 is 27.8 Å². The minimum absolute atomic E-state index is 0.0629. The number of amides is 2. The van der Waals surface area contributed by atoms with Crippen molar-refractivity contribution in [3.63, 3.8) is 0 Å². The molecule has 3 N–H and O–H groups in total. The summed E-state index contributed by atoms with van der Waals surface area (Å²) in [5.41, 5.74) is 2.82. The summed E-state index contributed by atoms with van der Waals surface area (Å²) in [6.45, 7) is 6.93. The molecule has 2 aliphatic heterocycles. The van der Waals surface area contributed by atoms with Crippen molar-refractivity contribution in [2.75, 3.05) is 38.2 Å². The smallest absolute Gasteiger partial charge is 0.322 e. The Hall–Kier alpha value is -3.64. The lowest BCUT2D eigenvalue weighted by Gasteiger charge is -2.38. The number of anilines is 1. The van der Waals surface area contributed by atoms with Gasteiger partial charge < -0.3 is 24.4 Å². The Morgan fingerprint density at radius 3 is 2.28 bits per heavy atom. The fourth-order valence-electron chi connectivity index (χ4n) is 5.36. The van der Waals surface area contributed by atoms with Crippen molar-refractivity contribution in [3.8, 4) is 23.0 Å². The number of urea groups is 1. The van der Waals surface area contributed by atoms with Crippen LogP contribution in [0.1, 0.15) is 43.7 Å². The van der Waals surface area contributed by atoms with E-state index in [1.807, 2.05) is 59.5 Å². The number of piperidine rings is 1.